The summed E-state index contributed by atoms with van der Waals surface area (Å²) < 4.78 is 0. The molecule has 2 N–H and O–H groups in total. The van der Waals surface area contributed by atoms with Gasteiger partial charge in [-0.3, -0.25) is 4.99 Å². The Balaban J connectivity index is 2.47. The summed E-state index contributed by atoms with van der Waals surface area (Å²) in [5.74, 6) is 0.866. The van der Waals surface area contributed by atoms with E-state index in [-0.39, 0.29) is 0 Å². The molecule has 0 radical (unpaired) electrons. The molecule has 0 saturated carbocycles. The fraction of sp³-hybridized carbons (Fsp3) is 0.381. The van der Waals surface area contributed by atoms with E-state index in [1.807, 2.05) is 12.3 Å². The van der Waals surface area contributed by atoms with Crippen LogP contribution in [0.25, 0.3) is 0 Å². The number of para-hydroxylation sites is 2. The third-order valence-electron chi connectivity index (χ3n) is 4.28. The van der Waals surface area contributed by atoms with E-state index in [0.29, 0.717) is 11.8 Å². The molecule has 2 aromatic rings. The average molecular weight is 308 g/mol. The number of hydrogen-bond donors (Lipinski definition) is 1. The van der Waals surface area contributed by atoms with Crippen LogP contribution in [0.2, 0.25) is 0 Å². The van der Waals surface area contributed by atoms with E-state index >= 15 is 0 Å². The first kappa shape index (κ1) is 17.3. The van der Waals surface area contributed by atoms with Gasteiger partial charge in [0.1, 0.15) is 0 Å². The summed E-state index contributed by atoms with van der Waals surface area (Å²) in [6.45, 7) is 10.9. The lowest BCUT2D eigenvalue weighted by Crippen LogP contribution is -2.01. The summed E-state index contributed by atoms with van der Waals surface area (Å²) >= 11 is 0. The van der Waals surface area contributed by atoms with Crippen molar-refractivity contribution in [3.8, 4) is 0 Å². The molecule has 0 aliphatic heterocycles. The zero-order valence-electron chi connectivity index (χ0n) is 14.9. The molecule has 122 valence electrons. The van der Waals surface area contributed by atoms with Crippen LogP contribution in [0.5, 0.6) is 0 Å². The minimum atomic E-state index is 0.414. The fourth-order valence-electron chi connectivity index (χ4n) is 2.87. The highest BCUT2D eigenvalue weighted by atomic mass is 14.7. The van der Waals surface area contributed by atoms with Crippen LogP contribution >= 0.6 is 0 Å². The maximum absolute atomic E-state index is 6.33. The predicted molar refractivity (Wildman–Crippen MR) is 102 cm³/mol. The Bertz CT molecular complexity index is 697. The third-order valence-corrected chi connectivity index (χ3v) is 4.28. The molecule has 0 aliphatic rings. The first-order chi connectivity index (χ1) is 11.0. The fourth-order valence-corrected chi connectivity index (χ4v) is 2.87. The van der Waals surface area contributed by atoms with Gasteiger partial charge in [-0.05, 0) is 34.9 Å². The van der Waals surface area contributed by atoms with Crippen molar-refractivity contribution < 1.29 is 0 Å². The normalized spacial score (nSPS) is 11.8. The standard InChI is InChI=1S/C21H28N2/c1-6-16-9-7-12-19(15(4)5)21(16)23-13-17-10-8-11-18(14(2)3)20(17)22/h7-15H,6,22H2,1-5H3. The molecule has 0 bridgehead atoms. The minimum Gasteiger partial charge on any atom is -0.398 e. The van der Waals surface area contributed by atoms with Crippen molar-refractivity contribution >= 4 is 17.6 Å². The van der Waals surface area contributed by atoms with Crippen molar-refractivity contribution in [2.45, 2.75) is 52.9 Å². The summed E-state index contributed by atoms with van der Waals surface area (Å²) in [6.07, 6.45) is 2.90. The summed E-state index contributed by atoms with van der Waals surface area (Å²) in [6, 6.07) is 12.6. The van der Waals surface area contributed by atoms with Crippen LogP contribution in [0.1, 0.15) is 68.7 Å². The number of aliphatic imine (C=N–C) groups is 1. The second-order valence-corrected chi connectivity index (χ2v) is 6.63. The molecule has 0 aromatic heterocycles. The van der Waals surface area contributed by atoms with E-state index in [0.717, 1.165) is 23.4 Å². The Kier molecular flexibility index (Phi) is 5.59. The highest BCUT2D eigenvalue weighted by Gasteiger charge is 2.10. The predicted octanol–water partition coefficient (Wildman–Crippen LogP) is 5.83. The van der Waals surface area contributed by atoms with Gasteiger partial charge in [-0.15, -0.1) is 0 Å². The van der Waals surface area contributed by atoms with Gasteiger partial charge in [-0.2, -0.15) is 0 Å². The van der Waals surface area contributed by atoms with Gasteiger partial charge in [0.25, 0.3) is 0 Å². The molecule has 2 rings (SSSR count). The van der Waals surface area contributed by atoms with E-state index in [4.69, 9.17) is 10.7 Å². The topological polar surface area (TPSA) is 38.4 Å². The number of nitrogen functional groups attached to an aromatic ring is 1. The molecule has 0 heterocycles. The van der Waals surface area contributed by atoms with Gasteiger partial charge in [0, 0.05) is 17.5 Å². The Morgan fingerprint density at radius 1 is 0.957 bits per heavy atom. The summed E-state index contributed by atoms with van der Waals surface area (Å²) in [5, 5.41) is 0. The van der Waals surface area contributed by atoms with E-state index in [1.54, 1.807) is 0 Å². The van der Waals surface area contributed by atoms with Crippen molar-refractivity contribution in [3.63, 3.8) is 0 Å². The highest BCUT2D eigenvalue weighted by Crippen LogP contribution is 2.31. The van der Waals surface area contributed by atoms with Crippen LogP contribution in [0, 0.1) is 0 Å². The number of hydrogen-bond acceptors (Lipinski definition) is 2. The summed E-state index contributed by atoms with van der Waals surface area (Å²) in [5.41, 5.74) is 13.0. The van der Waals surface area contributed by atoms with Gasteiger partial charge in [0.2, 0.25) is 0 Å². The van der Waals surface area contributed by atoms with Gasteiger partial charge in [0.05, 0.1) is 5.69 Å². The Hall–Kier alpha value is -2.09. The van der Waals surface area contributed by atoms with Gasteiger partial charge >= 0.3 is 0 Å². The Labute approximate surface area is 140 Å². The minimum absolute atomic E-state index is 0.414. The molecule has 0 fully saturated rings. The first-order valence-electron chi connectivity index (χ1n) is 8.49. The molecular formula is C21H28N2. The molecule has 2 heteroatoms. The molecule has 0 spiro atoms. The Morgan fingerprint density at radius 2 is 1.57 bits per heavy atom. The maximum Gasteiger partial charge on any atom is 0.0696 e. The zero-order valence-corrected chi connectivity index (χ0v) is 14.9. The number of rotatable bonds is 5. The molecule has 0 amide bonds. The van der Waals surface area contributed by atoms with E-state index < -0.39 is 0 Å². The van der Waals surface area contributed by atoms with Gasteiger partial charge in [-0.1, -0.05) is 71.0 Å². The Morgan fingerprint density at radius 3 is 2.17 bits per heavy atom. The lowest BCUT2D eigenvalue weighted by atomic mass is 9.96. The van der Waals surface area contributed by atoms with Crippen molar-refractivity contribution in [2.24, 2.45) is 4.99 Å². The number of anilines is 1. The number of aryl methyl sites for hydroxylation is 1. The lowest BCUT2D eigenvalue weighted by Gasteiger charge is -2.14. The lowest BCUT2D eigenvalue weighted by molar-refractivity contribution is 0.863. The van der Waals surface area contributed by atoms with E-state index in [2.05, 4.69) is 65.0 Å². The van der Waals surface area contributed by atoms with Crippen molar-refractivity contribution in [3.05, 3.63) is 58.7 Å². The van der Waals surface area contributed by atoms with Crippen LogP contribution in [-0.2, 0) is 6.42 Å². The zero-order chi connectivity index (χ0) is 17.0. The van der Waals surface area contributed by atoms with Crippen molar-refractivity contribution in [1.82, 2.24) is 0 Å². The molecule has 0 saturated heterocycles. The summed E-state index contributed by atoms with van der Waals surface area (Å²) in [7, 11) is 0. The smallest absolute Gasteiger partial charge is 0.0696 e. The number of nitrogens with two attached hydrogens (primary N) is 1. The monoisotopic (exact) mass is 308 g/mol. The second kappa shape index (κ2) is 7.45. The number of nitrogens with zero attached hydrogens (tertiary/aromatic N) is 1. The van der Waals surface area contributed by atoms with Gasteiger partial charge < -0.3 is 5.73 Å². The van der Waals surface area contributed by atoms with Crippen LogP contribution in [0.4, 0.5) is 11.4 Å². The van der Waals surface area contributed by atoms with Crippen molar-refractivity contribution in [2.75, 3.05) is 5.73 Å². The van der Waals surface area contributed by atoms with Crippen LogP contribution in [0.3, 0.4) is 0 Å². The van der Waals surface area contributed by atoms with E-state index in [9.17, 15) is 0 Å². The van der Waals surface area contributed by atoms with Crippen molar-refractivity contribution in [1.29, 1.82) is 0 Å². The van der Waals surface area contributed by atoms with Crippen LogP contribution in [0.15, 0.2) is 41.4 Å². The second-order valence-electron chi connectivity index (χ2n) is 6.63. The summed E-state index contributed by atoms with van der Waals surface area (Å²) in [4.78, 5) is 4.82. The van der Waals surface area contributed by atoms with Crippen LogP contribution in [-0.4, -0.2) is 6.21 Å². The molecule has 23 heavy (non-hydrogen) atoms. The highest BCUT2D eigenvalue weighted by molar-refractivity contribution is 5.90. The molecular weight excluding hydrogens is 280 g/mol. The number of benzene rings is 2. The van der Waals surface area contributed by atoms with Gasteiger partial charge in [-0.25, -0.2) is 0 Å². The van der Waals surface area contributed by atoms with E-state index in [1.165, 1.54) is 16.7 Å². The molecule has 0 aliphatic carbocycles. The molecule has 2 nitrogen and oxygen atoms in total. The first-order valence-corrected chi connectivity index (χ1v) is 8.49. The molecule has 2 aromatic carbocycles. The van der Waals surface area contributed by atoms with Gasteiger partial charge in [0.15, 0.2) is 0 Å². The molecule has 0 unspecified atom stereocenters. The SMILES string of the molecule is CCc1cccc(C(C)C)c1N=Cc1cccc(C(C)C)c1N. The quantitative estimate of drug-likeness (QED) is 0.548. The molecule has 0 atom stereocenters. The largest absolute Gasteiger partial charge is 0.398 e. The maximum atomic E-state index is 6.33. The van der Waals surface area contributed by atoms with Crippen LogP contribution < -0.4 is 5.73 Å². The average Bonchev–Trinajstić information content (AvgIpc) is 2.53. The third kappa shape index (κ3) is 3.82.